The summed E-state index contributed by atoms with van der Waals surface area (Å²) in [5, 5.41) is 3.51. The summed E-state index contributed by atoms with van der Waals surface area (Å²) < 4.78 is 5.29. The minimum absolute atomic E-state index is 0.272. The van der Waals surface area contributed by atoms with Gasteiger partial charge in [-0.15, -0.1) is 0 Å². The normalized spacial score (nSPS) is 23.7. The highest BCUT2D eigenvalue weighted by Gasteiger charge is 2.41. The number of rotatable bonds is 4. The molecule has 0 spiro atoms. The molecule has 0 aliphatic heterocycles. The third-order valence-corrected chi connectivity index (χ3v) is 3.78. The van der Waals surface area contributed by atoms with Crippen molar-refractivity contribution in [1.82, 2.24) is 5.32 Å². The molecular formula is C16H23NO2. The summed E-state index contributed by atoms with van der Waals surface area (Å²) >= 11 is 0. The van der Waals surface area contributed by atoms with Crippen LogP contribution in [0.4, 0.5) is 0 Å². The van der Waals surface area contributed by atoms with Crippen LogP contribution in [0.5, 0.6) is 5.75 Å². The second kappa shape index (κ2) is 5.74. The van der Waals surface area contributed by atoms with Gasteiger partial charge in [-0.2, -0.15) is 0 Å². The predicted octanol–water partition coefficient (Wildman–Crippen LogP) is 3.03. The number of nitrogens with one attached hydrogen (secondary N) is 1. The maximum absolute atomic E-state index is 12.5. The molecule has 1 aliphatic carbocycles. The molecular weight excluding hydrogens is 238 g/mol. The molecule has 104 valence electrons. The van der Waals surface area contributed by atoms with Crippen molar-refractivity contribution in [2.75, 3.05) is 7.11 Å². The largest absolute Gasteiger partial charge is 0.497 e. The van der Waals surface area contributed by atoms with Gasteiger partial charge in [0.2, 0.25) is 0 Å². The molecule has 1 aromatic rings. The number of benzene rings is 1. The van der Waals surface area contributed by atoms with Crippen LogP contribution in [-0.2, 0) is 10.3 Å². The second-order valence-electron chi connectivity index (χ2n) is 5.57. The Morgan fingerprint density at radius 3 is 2.74 bits per heavy atom. The van der Waals surface area contributed by atoms with Crippen LogP contribution >= 0.6 is 0 Å². The predicted molar refractivity (Wildman–Crippen MR) is 76.4 cm³/mol. The van der Waals surface area contributed by atoms with Crippen molar-refractivity contribution in [3.63, 3.8) is 0 Å². The lowest BCUT2D eigenvalue weighted by atomic mass is 9.75. The van der Waals surface area contributed by atoms with E-state index in [-0.39, 0.29) is 6.04 Å². The molecule has 0 bridgehead atoms. The van der Waals surface area contributed by atoms with E-state index in [0.717, 1.165) is 30.6 Å². The van der Waals surface area contributed by atoms with E-state index in [0.29, 0.717) is 12.2 Å². The number of carbonyl (C=O) groups excluding carboxylic acids is 1. The molecule has 1 unspecified atom stereocenters. The summed E-state index contributed by atoms with van der Waals surface area (Å²) in [4.78, 5) is 12.5. The lowest BCUT2D eigenvalue weighted by molar-refractivity contribution is -0.128. The Balaban J connectivity index is 2.43. The number of ketones is 1. The third-order valence-electron chi connectivity index (χ3n) is 3.78. The zero-order valence-corrected chi connectivity index (χ0v) is 12.0. The molecule has 19 heavy (non-hydrogen) atoms. The summed E-state index contributed by atoms with van der Waals surface area (Å²) in [5.74, 6) is 1.11. The Hall–Kier alpha value is -1.35. The number of carbonyl (C=O) groups is 1. The van der Waals surface area contributed by atoms with Crippen molar-refractivity contribution >= 4 is 5.78 Å². The van der Waals surface area contributed by atoms with Crippen molar-refractivity contribution in [3.05, 3.63) is 29.8 Å². The van der Waals surface area contributed by atoms with Crippen LogP contribution < -0.4 is 10.1 Å². The quantitative estimate of drug-likeness (QED) is 0.905. The van der Waals surface area contributed by atoms with Crippen LogP contribution in [0, 0.1) is 0 Å². The van der Waals surface area contributed by atoms with Gasteiger partial charge in [0.15, 0.2) is 5.78 Å². The standard InChI is InChI=1S/C16H23NO2/c1-12(2)17-16(10-5-4-9-15(16)18)13-7-6-8-14(11-13)19-3/h6-8,11-12,17H,4-5,9-10H2,1-3H3. The highest BCUT2D eigenvalue weighted by Crippen LogP contribution is 2.36. The highest BCUT2D eigenvalue weighted by molar-refractivity contribution is 5.90. The van der Waals surface area contributed by atoms with Gasteiger partial charge in [-0.05, 0) is 44.4 Å². The average Bonchev–Trinajstić information content (AvgIpc) is 2.41. The summed E-state index contributed by atoms with van der Waals surface area (Å²) in [6.07, 6.45) is 3.63. The van der Waals surface area contributed by atoms with Gasteiger partial charge in [0.05, 0.1) is 7.11 Å². The number of ether oxygens (including phenoxy) is 1. The van der Waals surface area contributed by atoms with E-state index in [1.165, 1.54) is 0 Å². The zero-order valence-electron chi connectivity index (χ0n) is 12.0. The van der Waals surface area contributed by atoms with Crippen LogP contribution in [0.15, 0.2) is 24.3 Å². The monoisotopic (exact) mass is 261 g/mol. The van der Waals surface area contributed by atoms with E-state index in [1.54, 1.807) is 7.11 Å². The van der Waals surface area contributed by atoms with Gasteiger partial charge in [0.1, 0.15) is 11.3 Å². The van der Waals surface area contributed by atoms with Gasteiger partial charge in [-0.1, -0.05) is 18.6 Å². The van der Waals surface area contributed by atoms with Crippen LogP contribution in [0.25, 0.3) is 0 Å². The minimum atomic E-state index is -0.527. The van der Waals surface area contributed by atoms with E-state index >= 15 is 0 Å². The molecule has 0 aromatic heterocycles. The smallest absolute Gasteiger partial charge is 0.157 e. The molecule has 0 heterocycles. The van der Waals surface area contributed by atoms with Gasteiger partial charge < -0.3 is 4.74 Å². The molecule has 0 radical (unpaired) electrons. The number of hydrogen-bond donors (Lipinski definition) is 1. The average molecular weight is 261 g/mol. The highest BCUT2D eigenvalue weighted by atomic mass is 16.5. The second-order valence-corrected chi connectivity index (χ2v) is 5.57. The lowest BCUT2D eigenvalue weighted by Gasteiger charge is -2.39. The molecule has 3 nitrogen and oxygen atoms in total. The molecule has 0 amide bonds. The fourth-order valence-electron chi connectivity index (χ4n) is 2.95. The number of methoxy groups -OCH3 is 1. The van der Waals surface area contributed by atoms with Crippen molar-refractivity contribution in [3.8, 4) is 5.75 Å². The van der Waals surface area contributed by atoms with Crippen LogP contribution in [-0.4, -0.2) is 18.9 Å². The first-order valence-corrected chi connectivity index (χ1v) is 7.04. The summed E-state index contributed by atoms with van der Waals surface area (Å²) in [6.45, 7) is 4.17. The van der Waals surface area contributed by atoms with Gasteiger partial charge in [-0.3, -0.25) is 10.1 Å². The third kappa shape index (κ3) is 2.81. The zero-order chi connectivity index (χ0) is 13.9. The van der Waals surface area contributed by atoms with Gasteiger partial charge >= 0.3 is 0 Å². The minimum Gasteiger partial charge on any atom is -0.497 e. The van der Waals surface area contributed by atoms with E-state index < -0.39 is 5.54 Å². The molecule has 1 aromatic carbocycles. The Morgan fingerprint density at radius 1 is 1.32 bits per heavy atom. The van der Waals surface area contributed by atoms with Crippen molar-refractivity contribution < 1.29 is 9.53 Å². The molecule has 1 saturated carbocycles. The Labute approximate surface area is 115 Å². The summed E-state index contributed by atoms with van der Waals surface area (Å²) in [7, 11) is 1.66. The molecule has 2 rings (SSSR count). The van der Waals surface area contributed by atoms with Crippen molar-refractivity contribution in [2.24, 2.45) is 0 Å². The molecule has 1 N–H and O–H groups in total. The fourth-order valence-corrected chi connectivity index (χ4v) is 2.95. The molecule has 3 heteroatoms. The van der Waals surface area contributed by atoms with E-state index in [4.69, 9.17) is 4.74 Å². The van der Waals surface area contributed by atoms with Crippen molar-refractivity contribution in [1.29, 1.82) is 0 Å². The van der Waals surface area contributed by atoms with Crippen LogP contribution in [0.3, 0.4) is 0 Å². The fraction of sp³-hybridized carbons (Fsp3) is 0.562. The lowest BCUT2D eigenvalue weighted by Crippen LogP contribution is -2.53. The van der Waals surface area contributed by atoms with Crippen LogP contribution in [0.2, 0.25) is 0 Å². The maximum atomic E-state index is 12.5. The molecule has 1 aliphatic rings. The molecule has 1 atom stereocenters. The first-order chi connectivity index (χ1) is 9.08. The first kappa shape index (κ1) is 14.1. The SMILES string of the molecule is COc1cccc(C2(NC(C)C)CCCCC2=O)c1. The number of hydrogen-bond acceptors (Lipinski definition) is 3. The van der Waals surface area contributed by atoms with E-state index in [2.05, 4.69) is 19.2 Å². The maximum Gasteiger partial charge on any atom is 0.157 e. The Morgan fingerprint density at radius 2 is 2.11 bits per heavy atom. The molecule has 0 saturated heterocycles. The topological polar surface area (TPSA) is 38.3 Å². The van der Waals surface area contributed by atoms with E-state index in [1.807, 2.05) is 24.3 Å². The van der Waals surface area contributed by atoms with Crippen molar-refractivity contribution in [2.45, 2.75) is 51.1 Å². The van der Waals surface area contributed by atoms with E-state index in [9.17, 15) is 4.79 Å². The van der Waals surface area contributed by atoms with Gasteiger partial charge in [-0.25, -0.2) is 0 Å². The van der Waals surface area contributed by atoms with Gasteiger partial charge in [0.25, 0.3) is 0 Å². The Bertz CT molecular complexity index is 456. The van der Waals surface area contributed by atoms with Gasteiger partial charge in [0, 0.05) is 12.5 Å². The Kier molecular flexibility index (Phi) is 4.25. The summed E-state index contributed by atoms with van der Waals surface area (Å²) in [6, 6.07) is 8.16. The first-order valence-electron chi connectivity index (χ1n) is 7.04. The summed E-state index contributed by atoms with van der Waals surface area (Å²) in [5.41, 5.74) is 0.506. The number of Topliss-reactive ketones (excluding diaryl/α,β-unsaturated/α-hetero) is 1. The molecule has 1 fully saturated rings. The van der Waals surface area contributed by atoms with Crippen LogP contribution in [0.1, 0.15) is 45.1 Å².